The van der Waals surface area contributed by atoms with Gasteiger partial charge in [0.2, 0.25) is 0 Å². The third kappa shape index (κ3) is 3.90. The minimum atomic E-state index is -1.08. The third-order valence-electron chi connectivity index (χ3n) is 5.18. The van der Waals surface area contributed by atoms with Crippen LogP contribution in [0.25, 0.3) is 6.08 Å². The monoisotopic (exact) mass is 413 g/mol. The summed E-state index contributed by atoms with van der Waals surface area (Å²) >= 11 is 0. The van der Waals surface area contributed by atoms with E-state index in [1.807, 2.05) is 43.3 Å². The first-order valence-electron chi connectivity index (χ1n) is 9.82. The van der Waals surface area contributed by atoms with Crippen molar-refractivity contribution in [2.45, 2.75) is 13.0 Å². The Bertz CT molecular complexity index is 1210. The zero-order valence-electron chi connectivity index (χ0n) is 16.8. The Balaban J connectivity index is 1.82. The minimum absolute atomic E-state index is 0.137. The van der Waals surface area contributed by atoms with Crippen LogP contribution in [-0.2, 0) is 9.59 Å². The molecule has 0 fully saturated rings. The van der Waals surface area contributed by atoms with Gasteiger partial charge in [-0.05, 0) is 42.3 Å². The molecule has 1 N–H and O–H groups in total. The molecule has 0 radical (unpaired) electrons. The molecular weight excluding hydrogens is 393 g/mol. The lowest BCUT2D eigenvalue weighted by molar-refractivity contribution is -0.117. The largest absolute Gasteiger partial charge is 0.503 e. The predicted molar refractivity (Wildman–Crippen MR) is 118 cm³/mol. The van der Waals surface area contributed by atoms with E-state index in [9.17, 15) is 19.1 Å². The quantitative estimate of drug-likeness (QED) is 0.576. The number of hydrogen-bond donors (Lipinski definition) is 1. The molecule has 3 aromatic carbocycles. The van der Waals surface area contributed by atoms with Crippen LogP contribution >= 0.6 is 0 Å². The first-order valence-corrected chi connectivity index (χ1v) is 9.82. The number of carbonyl (C=O) groups is 2. The van der Waals surface area contributed by atoms with Gasteiger partial charge in [-0.15, -0.1) is 0 Å². The molecule has 0 unspecified atom stereocenters. The Morgan fingerprint density at radius 2 is 1.71 bits per heavy atom. The lowest BCUT2D eigenvalue weighted by Gasteiger charge is -2.27. The van der Waals surface area contributed by atoms with E-state index >= 15 is 0 Å². The van der Waals surface area contributed by atoms with Crippen LogP contribution in [-0.4, -0.2) is 16.8 Å². The van der Waals surface area contributed by atoms with E-state index in [0.717, 1.165) is 11.1 Å². The van der Waals surface area contributed by atoms with Crippen molar-refractivity contribution in [2.24, 2.45) is 0 Å². The number of benzene rings is 3. The van der Waals surface area contributed by atoms with Gasteiger partial charge < -0.3 is 5.11 Å². The molecule has 3 aromatic rings. The number of aliphatic hydroxyl groups excluding tert-OH is 1. The Morgan fingerprint density at radius 3 is 2.42 bits per heavy atom. The number of aryl methyl sites for hydroxylation is 1. The average Bonchev–Trinajstić information content (AvgIpc) is 3.04. The van der Waals surface area contributed by atoms with Gasteiger partial charge in [-0.2, -0.15) is 0 Å². The number of halogens is 1. The highest BCUT2D eigenvalue weighted by Gasteiger charge is 2.44. The van der Waals surface area contributed by atoms with Crippen molar-refractivity contribution in [3.8, 4) is 0 Å². The highest BCUT2D eigenvalue weighted by Crippen LogP contribution is 2.42. The summed E-state index contributed by atoms with van der Waals surface area (Å²) in [6.07, 6.45) is 2.89. The van der Waals surface area contributed by atoms with Gasteiger partial charge in [-0.25, -0.2) is 4.39 Å². The topological polar surface area (TPSA) is 57.6 Å². The van der Waals surface area contributed by atoms with Gasteiger partial charge in [0.15, 0.2) is 11.5 Å². The smallest absolute Gasteiger partial charge is 0.294 e. The first-order chi connectivity index (χ1) is 15.0. The molecule has 5 heteroatoms. The summed E-state index contributed by atoms with van der Waals surface area (Å²) < 4.78 is 14.8. The molecule has 0 aromatic heterocycles. The van der Waals surface area contributed by atoms with Crippen molar-refractivity contribution in [2.75, 3.05) is 4.90 Å². The predicted octanol–water partition coefficient (Wildman–Crippen LogP) is 5.32. The van der Waals surface area contributed by atoms with Crippen LogP contribution in [0.1, 0.15) is 22.7 Å². The first kappa shape index (κ1) is 20.3. The molecular formula is C26H20FNO3. The molecule has 0 aliphatic carbocycles. The van der Waals surface area contributed by atoms with Crippen LogP contribution in [0.3, 0.4) is 0 Å². The summed E-state index contributed by atoms with van der Waals surface area (Å²) in [5.74, 6) is -2.53. The maximum absolute atomic E-state index is 14.8. The minimum Gasteiger partial charge on any atom is -0.503 e. The molecule has 0 saturated heterocycles. The Morgan fingerprint density at radius 1 is 1.00 bits per heavy atom. The standard InChI is InChI=1S/C26H20FNO3/c1-17-8-7-11-19(16-17)28-24(20-12-5-6-13-21(20)27)23(25(30)26(28)31)22(29)15-14-18-9-3-2-4-10-18/h2-16,24,30H,1H3/b15-14+/t24-/m0/s1. The van der Waals surface area contributed by atoms with Gasteiger partial charge in [-0.1, -0.05) is 66.7 Å². The lowest BCUT2D eigenvalue weighted by Crippen LogP contribution is -2.31. The summed E-state index contributed by atoms with van der Waals surface area (Å²) in [5, 5.41) is 10.7. The van der Waals surface area contributed by atoms with Gasteiger partial charge in [0.1, 0.15) is 5.82 Å². The van der Waals surface area contributed by atoms with E-state index in [-0.39, 0.29) is 11.1 Å². The number of ketones is 1. The summed E-state index contributed by atoms with van der Waals surface area (Å²) in [7, 11) is 0. The number of carbonyl (C=O) groups excluding carboxylic acids is 2. The molecule has 1 heterocycles. The van der Waals surface area contributed by atoms with Crippen molar-refractivity contribution in [1.29, 1.82) is 0 Å². The molecule has 4 rings (SSSR count). The molecule has 1 amide bonds. The van der Waals surface area contributed by atoms with Gasteiger partial charge in [0.25, 0.3) is 5.91 Å². The lowest BCUT2D eigenvalue weighted by atomic mass is 9.94. The normalized spacial score (nSPS) is 16.4. The number of anilines is 1. The molecule has 4 nitrogen and oxygen atoms in total. The van der Waals surface area contributed by atoms with Gasteiger partial charge in [-0.3, -0.25) is 14.5 Å². The van der Waals surface area contributed by atoms with E-state index in [0.29, 0.717) is 5.69 Å². The maximum Gasteiger partial charge on any atom is 0.294 e. The highest BCUT2D eigenvalue weighted by atomic mass is 19.1. The summed E-state index contributed by atoms with van der Waals surface area (Å²) in [4.78, 5) is 27.4. The van der Waals surface area contributed by atoms with Crippen molar-refractivity contribution < 1.29 is 19.1 Å². The molecule has 31 heavy (non-hydrogen) atoms. The van der Waals surface area contributed by atoms with Crippen molar-refractivity contribution >= 4 is 23.5 Å². The second-order valence-corrected chi connectivity index (χ2v) is 7.31. The molecule has 0 saturated carbocycles. The maximum atomic E-state index is 14.8. The van der Waals surface area contributed by atoms with E-state index < -0.39 is 29.3 Å². The fourth-order valence-corrected chi connectivity index (χ4v) is 3.72. The molecule has 0 bridgehead atoms. The summed E-state index contributed by atoms with van der Waals surface area (Å²) in [6.45, 7) is 1.87. The van der Waals surface area contributed by atoms with E-state index in [1.165, 1.54) is 29.2 Å². The third-order valence-corrected chi connectivity index (χ3v) is 5.18. The van der Waals surface area contributed by atoms with Gasteiger partial charge in [0.05, 0.1) is 11.6 Å². The van der Waals surface area contributed by atoms with Crippen LogP contribution in [0.15, 0.2) is 96.3 Å². The summed E-state index contributed by atoms with van der Waals surface area (Å²) in [6, 6.07) is 21.1. The van der Waals surface area contributed by atoms with E-state index in [1.54, 1.807) is 30.3 Å². The molecule has 154 valence electrons. The van der Waals surface area contributed by atoms with Crippen molar-refractivity contribution in [3.05, 3.63) is 119 Å². The zero-order chi connectivity index (χ0) is 22.0. The molecule has 0 spiro atoms. The second kappa shape index (κ2) is 8.40. The molecule has 1 atom stereocenters. The van der Waals surface area contributed by atoms with Crippen LogP contribution in [0.5, 0.6) is 0 Å². The van der Waals surface area contributed by atoms with Crippen molar-refractivity contribution in [1.82, 2.24) is 0 Å². The number of aliphatic hydroxyl groups is 1. The van der Waals surface area contributed by atoms with Gasteiger partial charge in [0, 0.05) is 11.3 Å². The molecule has 1 aliphatic heterocycles. The van der Waals surface area contributed by atoms with Crippen molar-refractivity contribution in [3.63, 3.8) is 0 Å². The number of allylic oxidation sites excluding steroid dienone is 1. The number of amides is 1. The Hall–Kier alpha value is -3.99. The fraction of sp³-hybridized carbons (Fsp3) is 0.0769. The zero-order valence-corrected chi connectivity index (χ0v) is 16.8. The summed E-state index contributed by atoms with van der Waals surface area (Å²) in [5.41, 5.74) is 2.14. The van der Waals surface area contributed by atoms with Crippen LogP contribution in [0.4, 0.5) is 10.1 Å². The van der Waals surface area contributed by atoms with Gasteiger partial charge >= 0.3 is 0 Å². The molecule has 1 aliphatic rings. The van der Waals surface area contributed by atoms with E-state index in [2.05, 4.69) is 0 Å². The Labute approximate surface area is 179 Å². The SMILES string of the molecule is Cc1cccc(N2C(=O)C(O)=C(C(=O)/C=C/c3ccccc3)[C@@H]2c2ccccc2F)c1. The highest BCUT2D eigenvalue weighted by molar-refractivity contribution is 6.19. The second-order valence-electron chi connectivity index (χ2n) is 7.31. The number of hydrogen-bond acceptors (Lipinski definition) is 3. The average molecular weight is 413 g/mol. The van der Waals surface area contributed by atoms with E-state index in [4.69, 9.17) is 0 Å². The van der Waals surface area contributed by atoms with Crippen LogP contribution in [0.2, 0.25) is 0 Å². The Kier molecular flexibility index (Phi) is 5.50. The number of nitrogens with zero attached hydrogens (tertiary/aromatic N) is 1. The fourth-order valence-electron chi connectivity index (χ4n) is 3.72. The number of rotatable bonds is 5. The van der Waals surface area contributed by atoms with Crippen LogP contribution < -0.4 is 4.90 Å². The van der Waals surface area contributed by atoms with Crippen LogP contribution in [0, 0.1) is 12.7 Å².